The lowest BCUT2D eigenvalue weighted by molar-refractivity contribution is 0.414. The molecule has 0 saturated carbocycles. The normalized spacial score (nSPS) is 10.8. The smallest absolute Gasteiger partial charge is 0.119 e. The summed E-state index contributed by atoms with van der Waals surface area (Å²) in [4.78, 5) is 3.27. The van der Waals surface area contributed by atoms with E-state index < -0.39 is 0 Å². The van der Waals surface area contributed by atoms with Crippen molar-refractivity contribution in [3.05, 3.63) is 64.8 Å². The van der Waals surface area contributed by atoms with Gasteiger partial charge in [-0.2, -0.15) is 0 Å². The lowest BCUT2D eigenvalue weighted by atomic mass is 10.0. The predicted molar refractivity (Wildman–Crippen MR) is 79.1 cm³/mol. The van der Waals surface area contributed by atoms with Gasteiger partial charge < -0.3 is 9.72 Å². The summed E-state index contributed by atoms with van der Waals surface area (Å²) in [5.41, 5.74) is 3.58. The molecule has 1 N–H and O–H groups in total. The molecule has 1 heterocycles. The van der Waals surface area contributed by atoms with Gasteiger partial charge in [0.15, 0.2) is 0 Å². The lowest BCUT2D eigenvalue weighted by Crippen LogP contribution is -1.89. The van der Waals surface area contributed by atoms with Gasteiger partial charge >= 0.3 is 0 Å². The highest BCUT2D eigenvalue weighted by Crippen LogP contribution is 2.25. The fourth-order valence-corrected chi connectivity index (χ4v) is 2.47. The number of H-pyrrole nitrogens is 1. The number of hydrogen-bond acceptors (Lipinski definition) is 1. The maximum absolute atomic E-state index is 6.06. The van der Waals surface area contributed by atoms with Crippen LogP contribution in [0.15, 0.2) is 48.7 Å². The zero-order chi connectivity index (χ0) is 13.2. The summed E-state index contributed by atoms with van der Waals surface area (Å²) in [6, 6.07) is 14.0. The van der Waals surface area contributed by atoms with Crippen LogP contribution in [0.25, 0.3) is 10.9 Å². The Morgan fingerprint density at radius 2 is 2.05 bits per heavy atom. The highest BCUT2D eigenvalue weighted by molar-refractivity contribution is 6.31. The number of ether oxygens (including phenoxy) is 1. The third-order valence-electron chi connectivity index (χ3n) is 3.26. The maximum Gasteiger partial charge on any atom is 0.119 e. The summed E-state index contributed by atoms with van der Waals surface area (Å²) in [5.74, 6) is 0.885. The van der Waals surface area contributed by atoms with Gasteiger partial charge in [0.2, 0.25) is 0 Å². The fourth-order valence-electron chi connectivity index (χ4n) is 2.30. The second-order valence-corrected chi connectivity index (χ2v) is 4.97. The van der Waals surface area contributed by atoms with Crippen LogP contribution >= 0.6 is 11.6 Å². The second-order valence-electron chi connectivity index (χ2n) is 4.53. The number of aromatic amines is 1. The quantitative estimate of drug-likeness (QED) is 0.749. The van der Waals surface area contributed by atoms with Crippen LogP contribution < -0.4 is 4.74 Å². The first-order valence-corrected chi connectivity index (χ1v) is 6.52. The Morgan fingerprint density at radius 3 is 2.89 bits per heavy atom. The van der Waals surface area contributed by atoms with Crippen LogP contribution in [-0.2, 0) is 6.42 Å². The fraction of sp³-hybridized carbons (Fsp3) is 0.125. The maximum atomic E-state index is 6.06. The monoisotopic (exact) mass is 271 g/mol. The number of rotatable bonds is 3. The molecular formula is C16H14ClNO. The summed E-state index contributed by atoms with van der Waals surface area (Å²) in [6.07, 6.45) is 2.90. The van der Waals surface area contributed by atoms with Crippen molar-refractivity contribution in [3.8, 4) is 5.75 Å². The van der Waals surface area contributed by atoms with Crippen molar-refractivity contribution in [1.82, 2.24) is 4.98 Å². The second kappa shape index (κ2) is 4.98. The average Bonchev–Trinajstić information content (AvgIpc) is 2.81. The van der Waals surface area contributed by atoms with Crippen LogP contribution in [0, 0.1) is 0 Å². The number of hydrogen-bond donors (Lipinski definition) is 1. The zero-order valence-corrected chi connectivity index (χ0v) is 11.4. The molecule has 0 fully saturated rings. The van der Waals surface area contributed by atoms with E-state index in [2.05, 4.69) is 17.1 Å². The van der Waals surface area contributed by atoms with E-state index >= 15 is 0 Å². The van der Waals surface area contributed by atoms with Crippen molar-refractivity contribution in [1.29, 1.82) is 0 Å². The highest BCUT2D eigenvalue weighted by atomic mass is 35.5. The van der Waals surface area contributed by atoms with E-state index in [0.29, 0.717) is 0 Å². The van der Waals surface area contributed by atoms with Gasteiger partial charge in [-0.05, 0) is 47.9 Å². The van der Waals surface area contributed by atoms with Crippen molar-refractivity contribution in [3.63, 3.8) is 0 Å². The number of methoxy groups -OCH3 is 1. The van der Waals surface area contributed by atoms with Crippen molar-refractivity contribution in [2.75, 3.05) is 7.11 Å². The molecule has 0 aliphatic heterocycles. The van der Waals surface area contributed by atoms with Gasteiger partial charge in [0, 0.05) is 22.1 Å². The third kappa shape index (κ3) is 2.45. The molecule has 0 radical (unpaired) electrons. The molecule has 96 valence electrons. The topological polar surface area (TPSA) is 25.0 Å². The van der Waals surface area contributed by atoms with E-state index in [-0.39, 0.29) is 0 Å². The number of nitrogens with one attached hydrogen (secondary N) is 1. The average molecular weight is 272 g/mol. The number of fused-ring (bicyclic) bond motifs is 1. The van der Waals surface area contributed by atoms with Crippen LogP contribution in [-0.4, -0.2) is 12.1 Å². The van der Waals surface area contributed by atoms with Crippen molar-refractivity contribution >= 4 is 22.5 Å². The molecule has 0 saturated heterocycles. The van der Waals surface area contributed by atoms with Crippen molar-refractivity contribution < 1.29 is 4.74 Å². The standard InChI is InChI=1S/C16H14ClNO/c1-19-14-4-2-3-11(8-14)7-12-10-18-16-6-5-13(17)9-15(12)16/h2-6,8-10,18H,7H2,1H3. The molecule has 1 aromatic heterocycles. The minimum atomic E-state index is 0.763. The van der Waals surface area contributed by atoms with E-state index in [1.807, 2.05) is 36.5 Å². The molecule has 0 spiro atoms. The third-order valence-corrected chi connectivity index (χ3v) is 3.49. The molecule has 3 heteroatoms. The minimum absolute atomic E-state index is 0.763. The lowest BCUT2D eigenvalue weighted by Gasteiger charge is -2.04. The minimum Gasteiger partial charge on any atom is -0.497 e. The number of halogens is 1. The van der Waals surface area contributed by atoms with Crippen LogP contribution in [0.5, 0.6) is 5.75 Å². The molecule has 0 atom stereocenters. The molecule has 0 aliphatic rings. The van der Waals surface area contributed by atoms with Gasteiger partial charge in [-0.25, -0.2) is 0 Å². The highest BCUT2D eigenvalue weighted by Gasteiger charge is 2.06. The largest absolute Gasteiger partial charge is 0.497 e. The first kappa shape index (κ1) is 12.1. The number of benzene rings is 2. The summed E-state index contributed by atoms with van der Waals surface area (Å²) < 4.78 is 5.25. The molecule has 19 heavy (non-hydrogen) atoms. The first-order valence-electron chi connectivity index (χ1n) is 6.15. The molecule has 3 aromatic rings. The molecule has 0 aliphatic carbocycles. The Morgan fingerprint density at radius 1 is 1.16 bits per heavy atom. The summed E-state index contributed by atoms with van der Waals surface area (Å²) >= 11 is 6.06. The first-order chi connectivity index (χ1) is 9.26. The molecule has 0 amide bonds. The number of aromatic nitrogens is 1. The van der Waals surface area contributed by atoms with Crippen LogP contribution in [0.3, 0.4) is 0 Å². The van der Waals surface area contributed by atoms with Gasteiger partial charge in [0.1, 0.15) is 5.75 Å². The Hall–Kier alpha value is -1.93. The summed E-state index contributed by atoms with van der Waals surface area (Å²) in [5, 5.41) is 1.94. The van der Waals surface area contributed by atoms with Gasteiger partial charge in [-0.3, -0.25) is 0 Å². The molecule has 0 unspecified atom stereocenters. The molecule has 2 nitrogen and oxygen atoms in total. The molecular weight excluding hydrogens is 258 g/mol. The van der Waals surface area contributed by atoms with Crippen molar-refractivity contribution in [2.24, 2.45) is 0 Å². The van der Waals surface area contributed by atoms with E-state index in [4.69, 9.17) is 16.3 Å². The summed E-state index contributed by atoms with van der Waals surface area (Å²) in [7, 11) is 1.69. The summed E-state index contributed by atoms with van der Waals surface area (Å²) in [6.45, 7) is 0. The van der Waals surface area contributed by atoms with Gasteiger partial charge in [0.05, 0.1) is 7.11 Å². The Labute approximate surface area is 117 Å². The zero-order valence-electron chi connectivity index (χ0n) is 10.6. The van der Waals surface area contributed by atoms with E-state index in [0.717, 1.165) is 22.7 Å². The van der Waals surface area contributed by atoms with Gasteiger partial charge in [-0.1, -0.05) is 23.7 Å². The Bertz CT molecular complexity index is 718. The van der Waals surface area contributed by atoms with Crippen LogP contribution in [0.4, 0.5) is 0 Å². The van der Waals surface area contributed by atoms with Crippen LogP contribution in [0.2, 0.25) is 5.02 Å². The van der Waals surface area contributed by atoms with E-state index in [1.165, 1.54) is 16.5 Å². The molecule has 3 rings (SSSR count). The van der Waals surface area contributed by atoms with Gasteiger partial charge in [-0.15, -0.1) is 0 Å². The van der Waals surface area contributed by atoms with E-state index in [9.17, 15) is 0 Å². The Kier molecular flexibility index (Phi) is 3.18. The predicted octanol–water partition coefficient (Wildman–Crippen LogP) is 4.42. The molecule has 2 aromatic carbocycles. The van der Waals surface area contributed by atoms with Crippen LogP contribution in [0.1, 0.15) is 11.1 Å². The SMILES string of the molecule is COc1cccc(Cc2c[nH]c3ccc(Cl)cc23)c1. The van der Waals surface area contributed by atoms with Crippen molar-refractivity contribution in [2.45, 2.75) is 6.42 Å². The van der Waals surface area contributed by atoms with Gasteiger partial charge in [0.25, 0.3) is 0 Å². The van der Waals surface area contributed by atoms with E-state index in [1.54, 1.807) is 7.11 Å². The molecule has 0 bridgehead atoms. The Balaban J connectivity index is 1.98.